The summed E-state index contributed by atoms with van der Waals surface area (Å²) in [5.41, 5.74) is 7.78. The first kappa shape index (κ1) is 26.7. The second-order valence-corrected chi connectivity index (χ2v) is 13.7. The van der Waals surface area contributed by atoms with Gasteiger partial charge in [-0.1, -0.05) is 39.3 Å². The van der Waals surface area contributed by atoms with E-state index < -0.39 is 0 Å². The summed E-state index contributed by atoms with van der Waals surface area (Å²) in [6.07, 6.45) is 14.8. The Balaban J connectivity index is 1.26. The largest absolute Gasteiger partial charge is 0.462 e. The van der Waals surface area contributed by atoms with Gasteiger partial charge < -0.3 is 20.3 Å². The van der Waals surface area contributed by atoms with Crippen LogP contribution in [0.3, 0.4) is 0 Å². The van der Waals surface area contributed by atoms with E-state index in [-0.39, 0.29) is 24.1 Å². The van der Waals surface area contributed by atoms with Crippen molar-refractivity contribution in [1.29, 1.82) is 0 Å². The van der Waals surface area contributed by atoms with Crippen molar-refractivity contribution in [2.24, 2.45) is 52.1 Å². The van der Waals surface area contributed by atoms with E-state index in [0.29, 0.717) is 54.8 Å². The van der Waals surface area contributed by atoms with Gasteiger partial charge in [-0.25, -0.2) is 0 Å². The molecule has 0 radical (unpaired) electrons. The van der Waals surface area contributed by atoms with Gasteiger partial charge in [-0.3, -0.25) is 4.79 Å². The zero-order valence-electron chi connectivity index (χ0n) is 23.2. The molecule has 0 spiro atoms. The third kappa shape index (κ3) is 4.49. The van der Waals surface area contributed by atoms with Crippen molar-refractivity contribution in [1.82, 2.24) is 0 Å². The Morgan fingerprint density at radius 3 is 2.83 bits per heavy atom. The molecule has 5 aliphatic rings. The maximum Gasteiger partial charge on any atom is 0.306 e. The Kier molecular flexibility index (Phi) is 7.66. The van der Waals surface area contributed by atoms with Gasteiger partial charge in [0.05, 0.1) is 12.2 Å². The predicted octanol–water partition coefficient (Wildman–Crippen LogP) is 5.64. The fraction of sp³-hybridized carbons (Fsp3) is 0.903. The molecule has 0 amide bonds. The van der Waals surface area contributed by atoms with Gasteiger partial charge in [0.2, 0.25) is 0 Å². The van der Waals surface area contributed by atoms with Gasteiger partial charge in [0.15, 0.2) is 0 Å². The number of fused-ring (bicyclic) bond motifs is 7. The van der Waals surface area contributed by atoms with Crippen molar-refractivity contribution < 1.29 is 19.4 Å². The Bertz CT molecular complexity index is 842. The van der Waals surface area contributed by atoms with E-state index in [9.17, 15) is 9.90 Å². The van der Waals surface area contributed by atoms with Crippen molar-refractivity contribution in [3.63, 3.8) is 0 Å². The maximum atomic E-state index is 12.2. The minimum absolute atomic E-state index is 0.0468. The first-order valence-corrected chi connectivity index (χ1v) is 15.1. The summed E-state index contributed by atoms with van der Waals surface area (Å²) in [5, 5.41) is 9.46. The molecular weight excluding hydrogens is 450 g/mol. The molecule has 204 valence electrons. The summed E-state index contributed by atoms with van der Waals surface area (Å²) in [6.45, 7) is 10.6. The zero-order valence-corrected chi connectivity index (χ0v) is 23.2. The SMILES string of the molecule is C[C@@H](CO)CCC1O[C@H]2C[C@H]3[C@@H]4CC=C5C[C@@H](OC(=O)CCCN)CC[C@]5(C)[C@H]4CC[C@]3(C)[C@H]2[C@@H]1C. The van der Waals surface area contributed by atoms with Crippen LogP contribution in [0.25, 0.3) is 0 Å². The normalized spacial score (nSPS) is 46.2. The molecular formula is C31H51NO4. The topological polar surface area (TPSA) is 81.8 Å². The molecule has 1 unspecified atom stereocenters. The average Bonchev–Trinajstić information content (AvgIpc) is 3.34. The highest BCUT2D eigenvalue weighted by Crippen LogP contribution is 2.69. The van der Waals surface area contributed by atoms with Gasteiger partial charge in [0.1, 0.15) is 6.10 Å². The van der Waals surface area contributed by atoms with Crippen LogP contribution in [0.4, 0.5) is 0 Å². The summed E-state index contributed by atoms with van der Waals surface area (Å²) in [7, 11) is 0. The second kappa shape index (κ2) is 10.3. The molecule has 0 bridgehead atoms. The van der Waals surface area contributed by atoms with Crippen LogP contribution >= 0.6 is 0 Å². The van der Waals surface area contributed by atoms with Crippen LogP contribution in [0.2, 0.25) is 0 Å². The minimum Gasteiger partial charge on any atom is -0.462 e. The number of esters is 1. The number of allylic oxidation sites excluding steroid dienone is 1. The Labute approximate surface area is 218 Å². The van der Waals surface area contributed by atoms with E-state index >= 15 is 0 Å². The number of hydrogen-bond acceptors (Lipinski definition) is 5. The number of carbonyl (C=O) groups excluding carboxylic acids is 1. The van der Waals surface area contributed by atoms with Crippen LogP contribution in [-0.4, -0.2) is 42.5 Å². The first-order chi connectivity index (χ1) is 17.2. The summed E-state index contributed by atoms with van der Waals surface area (Å²) >= 11 is 0. The maximum absolute atomic E-state index is 12.2. The zero-order chi connectivity index (χ0) is 25.7. The van der Waals surface area contributed by atoms with E-state index in [1.54, 1.807) is 5.57 Å². The second-order valence-electron chi connectivity index (χ2n) is 13.7. The van der Waals surface area contributed by atoms with Gasteiger partial charge >= 0.3 is 5.97 Å². The molecule has 4 fully saturated rings. The average molecular weight is 502 g/mol. The molecule has 36 heavy (non-hydrogen) atoms. The van der Waals surface area contributed by atoms with Crippen molar-refractivity contribution in [3.8, 4) is 0 Å². The van der Waals surface area contributed by atoms with Crippen molar-refractivity contribution in [2.45, 2.75) is 117 Å². The molecule has 1 saturated heterocycles. The Morgan fingerprint density at radius 2 is 2.08 bits per heavy atom. The number of aliphatic hydroxyl groups excluding tert-OH is 1. The van der Waals surface area contributed by atoms with Crippen LogP contribution in [0.5, 0.6) is 0 Å². The van der Waals surface area contributed by atoms with E-state index in [2.05, 4.69) is 33.8 Å². The number of ether oxygens (including phenoxy) is 2. The lowest BCUT2D eigenvalue weighted by Gasteiger charge is -2.58. The highest BCUT2D eigenvalue weighted by molar-refractivity contribution is 5.69. The number of hydrogen-bond donors (Lipinski definition) is 2. The number of carbonyl (C=O) groups is 1. The highest BCUT2D eigenvalue weighted by Gasteiger charge is 2.65. The van der Waals surface area contributed by atoms with Gasteiger partial charge in [-0.15, -0.1) is 0 Å². The lowest BCUT2D eigenvalue weighted by molar-refractivity contribution is -0.151. The van der Waals surface area contributed by atoms with Crippen molar-refractivity contribution >= 4 is 5.97 Å². The quantitative estimate of drug-likeness (QED) is 0.332. The predicted molar refractivity (Wildman–Crippen MR) is 142 cm³/mol. The standard InChI is InChI=1S/C31H51NO4/c1-19(18-33)7-10-26-20(2)29-27(36-26)17-25-23-9-8-21-16-22(35-28(34)6-5-15-32)11-13-30(21,3)24(23)12-14-31(25,29)4/h8,19-20,22-27,29,33H,5-7,9-18,32H2,1-4H3/t19-,20-,22+,23-,24+,25+,26?,27+,29+,30+,31+/m1/s1. The minimum atomic E-state index is -0.0764. The molecule has 3 N–H and O–H groups in total. The van der Waals surface area contributed by atoms with Crippen LogP contribution < -0.4 is 5.73 Å². The lowest BCUT2D eigenvalue weighted by Crippen LogP contribution is -2.51. The molecule has 5 nitrogen and oxygen atoms in total. The van der Waals surface area contributed by atoms with Crippen molar-refractivity contribution in [2.75, 3.05) is 13.2 Å². The van der Waals surface area contributed by atoms with Crippen LogP contribution in [0.1, 0.15) is 98.3 Å². The fourth-order valence-electron chi connectivity index (χ4n) is 9.78. The molecule has 1 aliphatic heterocycles. The van der Waals surface area contributed by atoms with Crippen LogP contribution in [-0.2, 0) is 14.3 Å². The Hall–Kier alpha value is -0.910. The molecule has 3 saturated carbocycles. The number of rotatable bonds is 8. The number of nitrogens with two attached hydrogens (primary N) is 1. The Morgan fingerprint density at radius 1 is 1.28 bits per heavy atom. The molecule has 0 aromatic carbocycles. The van der Waals surface area contributed by atoms with E-state index in [0.717, 1.165) is 49.9 Å². The van der Waals surface area contributed by atoms with Gasteiger partial charge in [-0.05, 0) is 111 Å². The smallest absolute Gasteiger partial charge is 0.306 e. The van der Waals surface area contributed by atoms with Crippen LogP contribution in [0.15, 0.2) is 11.6 Å². The summed E-state index contributed by atoms with van der Waals surface area (Å²) in [4.78, 5) is 12.2. The molecule has 0 aromatic rings. The monoisotopic (exact) mass is 501 g/mol. The first-order valence-electron chi connectivity index (χ1n) is 15.1. The van der Waals surface area contributed by atoms with Crippen LogP contribution in [0, 0.1) is 46.3 Å². The molecule has 5 heteroatoms. The van der Waals surface area contributed by atoms with Gasteiger partial charge in [0, 0.05) is 19.4 Å². The molecule has 0 aromatic heterocycles. The molecule has 11 atom stereocenters. The van der Waals surface area contributed by atoms with E-state index in [1.807, 2.05) is 0 Å². The summed E-state index contributed by atoms with van der Waals surface area (Å²) < 4.78 is 12.6. The van der Waals surface area contributed by atoms with E-state index in [4.69, 9.17) is 15.2 Å². The summed E-state index contributed by atoms with van der Waals surface area (Å²) in [6, 6.07) is 0. The molecule has 1 heterocycles. The van der Waals surface area contributed by atoms with Gasteiger partial charge in [0.25, 0.3) is 0 Å². The van der Waals surface area contributed by atoms with Crippen molar-refractivity contribution in [3.05, 3.63) is 11.6 Å². The van der Waals surface area contributed by atoms with Gasteiger partial charge in [-0.2, -0.15) is 0 Å². The summed E-state index contributed by atoms with van der Waals surface area (Å²) in [5.74, 6) is 3.85. The van der Waals surface area contributed by atoms with E-state index in [1.165, 1.54) is 25.7 Å². The fourth-order valence-corrected chi connectivity index (χ4v) is 9.78. The molecule has 5 rings (SSSR count). The number of aliphatic hydroxyl groups is 1. The third-order valence-corrected chi connectivity index (χ3v) is 11.8. The molecule has 4 aliphatic carbocycles. The lowest BCUT2D eigenvalue weighted by atomic mass is 9.47. The third-order valence-electron chi connectivity index (χ3n) is 11.8. The highest BCUT2D eigenvalue weighted by atomic mass is 16.5.